The van der Waals surface area contributed by atoms with Gasteiger partial charge in [0.1, 0.15) is 0 Å². The van der Waals surface area contributed by atoms with E-state index in [2.05, 4.69) is 53.8 Å². The van der Waals surface area contributed by atoms with Gasteiger partial charge in [-0.1, -0.05) is 48.5 Å². The van der Waals surface area contributed by atoms with Gasteiger partial charge in [-0.15, -0.1) is 0 Å². The first-order chi connectivity index (χ1) is 10.8. The Morgan fingerprint density at radius 1 is 1.00 bits per heavy atom. The second-order valence-corrected chi connectivity index (χ2v) is 6.50. The number of amides is 1. The van der Waals surface area contributed by atoms with E-state index in [1.54, 1.807) is 7.05 Å². The number of hydrogen-bond acceptors (Lipinski definition) is 1. The lowest BCUT2D eigenvalue weighted by molar-refractivity contribution is -0.120. The lowest BCUT2D eigenvalue weighted by Crippen LogP contribution is -2.33. The van der Waals surface area contributed by atoms with Crippen LogP contribution in [0.5, 0.6) is 0 Å². The van der Waals surface area contributed by atoms with E-state index in [0.717, 1.165) is 6.42 Å². The number of rotatable bonds is 3. The van der Waals surface area contributed by atoms with Crippen molar-refractivity contribution in [1.29, 1.82) is 0 Å². The summed E-state index contributed by atoms with van der Waals surface area (Å²) in [4.78, 5) is 11.6. The van der Waals surface area contributed by atoms with Crippen LogP contribution in [0, 0.1) is 5.92 Å². The molecule has 0 radical (unpaired) electrons. The van der Waals surface area contributed by atoms with Gasteiger partial charge in [-0.2, -0.15) is 0 Å². The van der Waals surface area contributed by atoms with Crippen molar-refractivity contribution in [1.82, 2.24) is 5.32 Å². The lowest BCUT2D eigenvalue weighted by atomic mass is 9.58. The van der Waals surface area contributed by atoms with Crippen LogP contribution in [0.15, 0.2) is 48.5 Å². The third kappa shape index (κ3) is 1.98. The largest absolute Gasteiger partial charge is 0.359 e. The van der Waals surface area contributed by atoms with Crippen LogP contribution in [0.4, 0.5) is 0 Å². The van der Waals surface area contributed by atoms with Gasteiger partial charge in [0, 0.05) is 25.3 Å². The zero-order valence-corrected chi connectivity index (χ0v) is 12.9. The minimum atomic E-state index is 0.156. The monoisotopic (exact) mass is 291 g/mol. The van der Waals surface area contributed by atoms with Gasteiger partial charge >= 0.3 is 0 Å². The predicted molar refractivity (Wildman–Crippen MR) is 88.0 cm³/mol. The maximum absolute atomic E-state index is 11.6. The second-order valence-electron chi connectivity index (χ2n) is 6.50. The topological polar surface area (TPSA) is 29.1 Å². The third-order valence-corrected chi connectivity index (χ3v) is 5.44. The van der Waals surface area contributed by atoms with Crippen molar-refractivity contribution in [2.75, 3.05) is 7.05 Å². The molecule has 0 heterocycles. The average molecular weight is 291 g/mol. The molecule has 1 N–H and O–H groups in total. The molecule has 0 fully saturated rings. The van der Waals surface area contributed by atoms with E-state index < -0.39 is 0 Å². The molecule has 5 rings (SSSR count). The van der Waals surface area contributed by atoms with E-state index in [9.17, 15) is 4.79 Å². The highest BCUT2D eigenvalue weighted by Gasteiger charge is 2.42. The quantitative estimate of drug-likeness (QED) is 0.915. The van der Waals surface area contributed by atoms with Crippen LogP contribution in [0.1, 0.15) is 53.4 Å². The lowest BCUT2D eigenvalue weighted by Gasteiger charge is -2.45. The minimum absolute atomic E-state index is 0.156. The Kier molecular flexibility index (Phi) is 3.25. The van der Waals surface area contributed by atoms with E-state index in [1.165, 1.54) is 28.7 Å². The van der Waals surface area contributed by atoms with E-state index in [4.69, 9.17) is 0 Å². The summed E-state index contributed by atoms with van der Waals surface area (Å²) in [6.07, 6.45) is 2.79. The van der Waals surface area contributed by atoms with Gasteiger partial charge in [-0.3, -0.25) is 4.79 Å². The van der Waals surface area contributed by atoms with Gasteiger partial charge in [0.05, 0.1) is 0 Å². The second kappa shape index (κ2) is 5.28. The van der Waals surface area contributed by atoms with Gasteiger partial charge in [0.15, 0.2) is 0 Å². The molecule has 1 amide bonds. The molecule has 3 aliphatic carbocycles. The summed E-state index contributed by atoms with van der Waals surface area (Å²) in [6.45, 7) is 0. The van der Waals surface area contributed by atoms with Crippen molar-refractivity contribution >= 4 is 5.91 Å². The Balaban J connectivity index is 1.74. The summed E-state index contributed by atoms with van der Waals surface area (Å²) < 4.78 is 0. The molecular weight excluding hydrogens is 270 g/mol. The summed E-state index contributed by atoms with van der Waals surface area (Å²) >= 11 is 0. The minimum Gasteiger partial charge on any atom is -0.359 e. The van der Waals surface area contributed by atoms with Crippen LogP contribution in [-0.4, -0.2) is 13.0 Å². The van der Waals surface area contributed by atoms with Crippen LogP contribution < -0.4 is 5.32 Å². The van der Waals surface area contributed by atoms with E-state index in [0.29, 0.717) is 24.2 Å². The highest BCUT2D eigenvalue weighted by atomic mass is 16.1. The van der Waals surface area contributed by atoms with E-state index in [1.807, 2.05) is 0 Å². The number of hydrogen-bond donors (Lipinski definition) is 1. The Hall–Kier alpha value is -2.09. The highest BCUT2D eigenvalue weighted by molar-refractivity contribution is 5.75. The summed E-state index contributed by atoms with van der Waals surface area (Å²) in [5, 5.41) is 2.75. The Labute approximate surface area is 131 Å². The van der Waals surface area contributed by atoms with Gasteiger partial charge < -0.3 is 5.32 Å². The standard InChI is InChI=1S/C20H21NO/c1-21-19(22)11-10-13-12-18-14-6-2-4-8-16(14)20(13)17-9-5-3-7-15(17)18/h2-9,13,18,20H,10-12H2,1H3,(H,21,22). The van der Waals surface area contributed by atoms with Crippen LogP contribution in [0.2, 0.25) is 0 Å². The van der Waals surface area contributed by atoms with Gasteiger partial charge in [-0.05, 0) is 41.0 Å². The SMILES string of the molecule is CNC(=O)CCC1CC2c3ccccc3C1c1ccccc12. The smallest absolute Gasteiger partial charge is 0.219 e. The zero-order valence-electron chi connectivity index (χ0n) is 12.9. The van der Waals surface area contributed by atoms with Gasteiger partial charge in [-0.25, -0.2) is 0 Å². The molecule has 3 aliphatic rings. The van der Waals surface area contributed by atoms with Crippen molar-refractivity contribution in [3.63, 3.8) is 0 Å². The Morgan fingerprint density at radius 3 is 2.09 bits per heavy atom. The first kappa shape index (κ1) is 13.6. The van der Waals surface area contributed by atoms with Crippen molar-refractivity contribution in [2.45, 2.75) is 31.1 Å². The van der Waals surface area contributed by atoms with Crippen LogP contribution in [0.3, 0.4) is 0 Å². The normalized spacial score (nSPS) is 24.5. The number of fused-ring (bicyclic) bond motifs is 1. The van der Waals surface area contributed by atoms with E-state index >= 15 is 0 Å². The summed E-state index contributed by atoms with van der Waals surface area (Å²) in [6, 6.07) is 17.8. The Bertz CT molecular complexity index is 674. The van der Waals surface area contributed by atoms with Crippen molar-refractivity contribution in [3.05, 3.63) is 70.8 Å². The first-order valence-corrected chi connectivity index (χ1v) is 8.18. The molecule has 2 nitrogen and oxygen atoms in total. The number of benzene rings is 2. The van der Waals surface area contributed by atoms with Crippen LogP contribution >= 0.6 is 0 Å². The first-order valence-electron chi connectivity index (χ1n) is 8.18. The fraction of sp³-hybridized carbons (Fsp3) is 0.350. The van der Waals surface area contributed by atoms with Gasteiger partial charge in [0.25, 0.3) is 0 Å². The molecule has 2 aromatic rings. The van der Waals surface area contributed by atoms with Crippen LogP contribution in [-0.2, 0) is 4.79 Å². The molecule has 2 heteroatoms. The zero-order chi connectivity index (χ0) is 15.1. The molecule has 0 saturated carbocycles. The summed E-state index contributed by atoms with van der Waals surface area (Å²) in [7, 11) is 1.72. The van der Waals surface area contributed by atoms with Crippen LogP contribution in [0.25, 0.3) is 0 Å². The molecule has 1 atom stereocenters. The highest BCUT2D eigenvalue weighted by Crippen LogP contribution is 2.56. The maximum Gasteiger partial charge on any atom is 0.219 e. The number of nitrogens with one attached hydrogen (secondary N) is 1. The molecule has 0 aliphatic heterocycles. The molecule has 0 aromatic heterocycles. The van der Waals surface area contributed by atoms with E-state index in [-0.39, 0.29) is 5.91 Å². The summed E-state index contributed by atoms with van der Waals surface area (Å²) in [5.74, 6) is 1.70. The average Bonchev–Trinajstić information content (AvgIpc) is 2.59. The van der Waals surface area contributed by atoms with Crippen molar-refractivity contribution < 1.29 is 4.79 Å². The maximum atomic E-state index is 11.6. The number of carbonyl (C=O) groups excluding carboxylic acids is 1. The fourth-order valence-electron chi connectivity index (χ4n) is 4.48. The molecule has 2 bridgehead atoms. The molecule has 0 spiro atoms. The molecule has 1 unspecified atom stereocenters. The fourth-order valence-corrected chi connectivity index (χ4v) is 4.48. The molecular formula is C20H21NO. The molecule has 112 valence electrons. The summed E-state index contributed by atoms with van der Waals surface area (Å²) in [5.41, 5.74) is 5.98. The van der Waals surface area contributed by atoms with Gasteiger partial charge in [0.2, 0.25) is 5.91 Å². The number of carbonyl (C=O) groups is 1. The molecule has 22 heavy (non-hydrogen) atoms. The Morgan fingerprint density at radius 2 is 1.55 bits per heavy atom. The molecule has 2 aromatic carbocycles. The van der Waals surface area contributed by atoms with Crippen molar-refractivity contribution in [3.8, 4) is 0 Å². The van der Waals surface area contributed by atoms with Crippen molar-refractivity contribution in [2.24, 2.45) is 5.92 Å². The third-order valence-electron chi connectivity index (χ3n) is 5.44. The predicted octanol–water partition coefficient (Wildman–Crippen LogP) is 3.81. The molecule has 0 saturated heterocycles.